The van der Waals surface area contributed by atoms with Gasteiger partial charge in [-0.25, -0.2) is 0 Å². The number of hydrogen-bond acceptors (Lipinski definition) is 4. The molecule has 27 heavy (non-hydrogen) atoms. The summed E-state index contributed by atoms with van der Waals surface area (Å²) in [6.45, 7) is 7.37. The Bertz CT molecular complexity index is 722. The van der Waals surface area contributed by atoms with Gasteiger partial charge < -0.3 is 19.7 Å². The van der Waals surface area contributed by atoms with Crippen molar-refractivity contribution in [3.63, 3.8) is 0 Å². The predicted molar refractivity (Wildman–Crippen MR) is 109 cm³/mol. The van der Waals surface area contributed by atoms with Gasteiger partial charge in [-0.1, -0.05) is 26.0 Å². The zero-order chi connectivity index (χ0) is 19.1. The predicted octanol–water partition coefficient (Wildman–Crippen LogP) is 3.88. The Hall–Kier alpha value is -2.53. The molecule has 0 unspecified atom stereocenters. The van der Waals surface area contributed by atoms with Crippen molar-refractivity contribution in [1.29, 1.82) is 0 Å². The van der Waals surface area contributed by atoms with Gasteiger partial charge in [-0.2, -0.15) is 0 Å². The lowest BCUT2D eigenvalue weighted by molar-refractivity contribution is -0.122. The van der Waals surface area contributed by atoms with E-state index in [9.17, 15) is 4.79 Å². The summed E-state index contributed by atoms with van der Waals surface area (Å²) >= 11 is 0. The van der Waals surface area contributed by atoms with E-state index in [-0.39, 0.29) is 5.91 Å². The summed E-state index contributed by atoms with van der Waals surface area (Å²) in [6.07, 6.45) is 1.07. The summed E-state index contributed by atoms with van der Waals surface area (Å²) in [4.78, 5) is 14.9. The molecule has 1 N–H and O–H groups in total. The number of nitrogens with one attached hydrogen (secondary N) is 1. The van der Waals surface area contributed by atoms with Crippen LogP contribution in [0.4, 0.5) is 11.4 Å². The van der Waals surface area contributed by atoms with Crippen molar-refractivity contribution in [3.05, 3.63) is 54.1 Å². The van der Waals surface area contributed by atoms with Crippen molar-refractivity contribution in [2.24, 2.45) is 0 Å². The summed E-state index contributed by atoms with van der Waals surface area (Å²) in [5, 5.41) is 2.96. The molecule has 1 amide bonds. The lowest BCUT2D eigenvalue weighted by atomic mass is 10.1. The van der Waals surface area contributed by atoms with E-state index in [1.807, 2.05) is 55.5 Å². The molecule has 0 spiro atoms. The van der Waals surface area contributed by atoms with Crippen LogP contribution in [0.25, 0.3) is 0 Å². The highest BCUT2D eigenvalue weighted by atomic mass is 16.5. The molecule has 1 fully saturated rings. The van der Waals surface area contributed by atoms with Gasteiger partial charge in [0.15, 0.2) is 6.10 Å². The van der Waals surface area contributed by atoms with Crippen molar-refractivity contribution >= 4 is 17.3 Å². The normalized spacial score (nSPS) is 15.3. The van der Waals surface area contributed by atoms with E-state index >= 15 is 0 Å². The van der Waals surface area contributed by atoms with Gasteiger partial charge in [0.1, 0.15) is 5.75 Å². The van der Waals surface area contributed by atoms with Crippen LogP contribution >= 0.6 is 0 Å². The van der Waals surface area contributed by atoms with Crippen LogP contribution in [-0.2, 0) is 16.0 Å². The second-order valence-corrected chi connectivity index (χ2v) is 6.65. The van der Waals surface area contributed by atoms with Crippen LogP contribution in [0, 0.1) is 0 Å². The largest absolute Gasteiger partial charge is 0.481 e. The Balaban J connectivity index is 1.58. The minimum Gasteiger partial charge on any atom is -0.481 e. The maximum Gasteiger partial charge on any atom is 0.265 e. The number of anilines is 2. The Morgan fingerprint density at radius 1 is 1.07 bits per heavy atom. The van der Waals surface area contributed by atoms with Crippen molar-refractivity contribution in [2.75, 3.05) is 36.5 Å². The fraction of sp³-hybridized carbons (Fsp3) is 0.409. The van der Waals surface area contributed by atoms with E-state index in [4.69, 9.17) is 9.47 Å². The molecule has 2 aromatic carbocycles. The molecule has 1 aliphatic heterocycles. The highest BCUT2D eigenvalue weighted by molar-refractivity contribution is 5.94. The van der Waals surface area contributed by atoms with Gasteiger partial charge in [-0.3, -0.25) is 4.79 Å². The SMILES string of the molecule is CCc1ccc(O[C@@H](CC)C(=O)Nc2ccc(N3CCOCC3)cc2)cc1. The number of rotatable bonds is 7. The van der Waals surface area contributed by atoms with Crippen LogP contribution in [-0.4, -0.2) is 38.3 Å². The number of hydrogen-bond donors (Lipinski definition) is 1. The molecule has 3 rings (SSSR count). The molecule has 0 aromatic heterocycles. The van der Waals surface area contributed by atoms with E-state index in [1.165, 1.54) is 5.56 Å². The topological polar surface area (TPSA) is 50.8 Å². The first-order chi connectivity index (χ1) is 13.2. The van der Waals surface area contributed by atoms with Crippen LogP contribution < -0.4 is 15.0 Å². The number of amides is 1. The molecule has 0 saturated carbocycles. The third-order valence-corrected chi connectivity index (χ3v) is 4.78. The first-order valence-corrected chi connectivity index (χ1v) is 9.68. The van der Waals surface area contributed by atoms with Crippen LogP contribution in [0.5, 0.6) is 5.75 Å². The number of ether oxygens (including phenoxy) is 2. The fourth-order valence-electron chi connectivity index (χ4n) is 3.09. The molecule has 144 valence electrons. The minimum absolute atomic E-state index is 0.129. The molecule has 5 heteroatoms. The molecule has 0 aliphatic carbocycles. The zero-order valence-corrected chi connectivity index (χ0v) is 16.1. The first-order valence-electron chi connectivity index (χ1n) is 9.68. The number of carbonyl (C=O) groups excluding carboxylic acids is 1. The maximum atomic E-state index is 12.6. The molecule has 1 heterocycles. The van der Waals surface area contributed by atoms with E-state index in [1.54, 1.807) is 0 Å². The number of benzene rings is 2. The summed E-state index contributed by atoms with van der Waals surface area (Å²) in [5.41, 5.74) is 3.18. The number of carbonyl (C=O) groups is 1. The van der Waals surface area contributed by atoms with E-state index in [2.05, 4.69) is 17.1 Å². The van der Waals surface area contributed by atoms with Gasteiger partial charge in [0, 0.05) is 24.5 Å². The second-order valence-electron chi connectivity index (χ2n) is 6.65. The fourth-order valence-corrected chi connectivity index (χ4v) is 3.09. The highest BCUT2D eigenvalue weighted by Gasteiger charge is 2.19. The third-order valence-electron chi connectivity index (χ3n) is 4.78. The van der Waals surface area contributed by atoms with Crippen LogP contribution in [0.15, 0.2) is 48.5 Å². The van der Waals surface area contributed by atoms with Crippen molar-refractivity contribution < 1.29 is 14.3 Å². The van der Waals surface area contributed by atoms with Crippen molar-refractivity contribution in [1.82, 2.24) is 0 Å². The molecule has 2 aromatic rings. The maximum absolute atomic E-state index is 12.6. The van der Waals surface area contributed by atoms with Crippen molar-refractivity contribution in [2.45, 2.75) is 32.8 Å². The third kappa shape index (κ3) is 5.23. The molecule has 1 saturated heterocycles. The molecule has 0 radical (unpaired) electrons. The Morgan fingerprint density at radius 2 is 1.74 bits per heavy atom. The van der Waals surface area contributed by atoms with Crippen molar-refractivity contribution in [3.8, 4) is 5.75 Å². The second kappa shape index (κ2) is 9.42. The average molecular weight is 368 g/mol. The summed E-state index contributed by atoms with van der Waals surface area (Å²) in [7, 11) is 0. The highest BCUT2D eigenvalue weighted by Crippen LogP contribution is 2.20. The number of aryl methyl sites for hydroxylation is 1. The quantitative estimate of drug-likeness (QED) is 0.806. The monoisotopic (exact) mass is 368 g/mol. The van der Waals surface area contributed by atoms with Gasteiger partial charge >= 0.3 is 0 Å². The van der Waals surface area contributed by atoms with Crippen LogP contribution in [0.2, 0.25) is 0 Å². The van der Waals surface area contributed by atoms with E-state index in [0.717, 1.165) is 49.8 Å². The molecule has 1 aliphatic rings. The molecule has 5 nitrogen and oxygen atoms in total. The smallest absolute Gasteiger partial charge is 0.265 e. The lowest BCUT2D eigenvalue weighted by Gasteiger charge is -2.29. The van der Waals surface area contributed by atoms with Gasteiger partial charge in [-0.15, -0.1) is 0 Å². The van der Waals surface area contributed by atoms with Gasteiger partial charge in [0.25, 0.3) is 5.91 Å². The molecular formula is C22H28N2O3. The summed E-state index contributed by atoms with van der Waals surface area (Å²) in [6, 6.07) is 15.8. The lowest BCUT2D eigenvalue weighted by Crippen LogP contribution is -2.36. The van der Waals surface area contributed by atoms with Gasteiger partial charge in [0.05, 0.1) is 13.2 Å². The van der Waals surface area contributed by atoms with Crippen LogP contribution in [0.1, 0.15) is 25.8 Å². The first kappa shape index (κ1) is 19.2. The molecular weight excluding hydrogens is 340 g/mol. The number of morpholine rings is 1. The minimum atomic E-state index is -0.517. The molecule has 0 bridgehead atoms. The Labute approximate surface area is 161 Å². The van der Waals surface area contributed by atoms with Gasteiger partial charge in [0.2, 0.25) is 0 Å². The van der Waals surface area contributed by atoms with E-state index < -0.39 is 6.10 Å². The van der Waals surface area contributed by atoms with Crippen LogP contribution in [0.3, 0.4) is 0 Å². The molecule has 1 atom stereocenters. The summed E-state index contributed by atoms with van der Waals surface area (Å²) < 4.78 is 11.3. The summed E-state index contributed by atoms with van der Waals surface area (Å²) in [5.74, 6) is 0.591. The van der Waals surface area contributed by atoms with E-state index in [0.29, 0.717) is 6.42 Å². The van der Waals surface area contributed by atoms with Gasteiger partial charge in [-0.05, 0) is 54.8 Å². The Kier molecular flexibility index (Phi) is 6.71. The standard InChI is InChI=1S/C22H28N2O3/c1-3-17-5-11-20(12-6-17)27-21(4-2)22(25)23-18-7-9-19(10-8-18)24-13-15-26-16-14-24/h5-12,21H,3-4,13-16H2,1-2H3,(H,23,25)/t21-/m0/s1. The average Bonchev–Trinajstić information content (AvgIpc) is 2.73. The number of nitrogens with zero attached hydrogens (tertiary/aromatic N) is 1. The Morgan fingerprint density at radius 3 is 2.33 bits per heavy atom. The zero-order valence-electron chi connectivity index (χ0n) is 16.1.